The number of hydrogen-bond acceptors (Lipinski definition) is 0. The highest BCUT2D eigenvalue weighted by Crippen LogP contribution is 2.37. The highest BCUT2D eigenvalue weighted by molar-refractivity contribution is 9.28. The lowest BCUT2D eigenvalue weighted by atomic mass is 9.78. The molecule has 0 aromatic heterocycles. The van der Waals surface area contributed by atoms with Gasteiger partial charge in [0.05, 0.1) is 3.39 Å². The topological polar surface area (TPSA) is 0 Å². The Kier molecular flexibility index (Phi) is 7.53. The molecule has 0 nitrogen and oxygen atoms in total. The Morgan fingerprint density at radius 2 is 1.71 bits per heavy atom. The van der Waals surface area contributed by atoms with Crippen molar-refractivity contribution >= 4 is 31.9 Å². The molecule has 1 saturated carbocycles. The van der Waals surface area contributed by atoms with Crippen molar-refractivity contribution in [2.75, 3.05) is 0 Å². The molecule has 0 aliphatic heterocycles. The molecule has 1 fully saturated rings. The lowest BCUT2D eigenvalue weighted by molar-refractivity contribution is 0.376. The highest BCUT2D eigenvalue weighted by Gasteiger charge is 2.21. The van der Waals surface area contributed by atoms with Crippen molar-refractivity contribution in [3.8, 4) is 0 Å². The second-order valence-corrected chi connectivity index (χ2v) is 9.04. The molecule has 0 spiro atoms. The third-order valence-corrected chi connectivity index (χ3v) is 5.18. The van der Waals surface area contributed by atoms with Gasteiger partial charge in [-0.15, -0.1) is 0 Å². The fourth-order valence-corrected chi connectivity index (χ4v) is 4.08. The largest absolute Gasteiger partial charge is 0.0654 e. The molecule has 1 aromatic carbocycles. The first-order valence-electron chi connectivity index (χ1n) is 8.30. The van der Waals surface area contributed by atoms with Gasteiger partial charge in [0.15, 0.2) is 0 Å². The molecule has 116 valence electrons. The number of aryl methyl sites for hydroxylation is 1. The molecule has 2 rings (SSSR count). The standard InChI is InChI=1S/C19H26Br2/c1-2-3-4-5-15-6-10-17(11-7-15)18-12-8-16(9-13-18)14-19(20)21/h6-7,10-11,14,16,18H,2-5,8-9,12-13H2,1H3/t16-,18-. The molecule has 21 heavy (non-hydrogen) atoms. The zero-order chi connectivity index (χ0) is 15.1. The molecule has 2 heteroatoms. The Bertz CT molecular complexity index is 435. The van der Waals surface area contributed by atoms with Gasteiger partial charge < -0.3 is 0 Å². The average molecular weight is 414 g/mol. The third-order valence-electron chi connectivity index (χ3n) is 4.65. The van der Waals surface area contributed by atoms with Crippen LogP contribution in [0.4, 0.5) is 0 Å². The summed E-state index contributed by atoms with van der Waals surface area (Å²) in [6, 6.07) is 9.46. The fourth-order valence-electron chi connectivity index (χ4n) is 3.33. The summed E-state index contributed by atoms with van der Waals surface area (Å²) >= 11 is 6.96. The van der Waals surface area contributed by atoms with Gasteiger partial charge in [0.25, 0.3) is 0 Å². The molecular formula is C19H26Br2. The van der Waals surface area contributed by atoms with E-state index in [1.54, 1.807) is 5.56 Å². The first-order valence-corrected chi connectivity index (χ1v) is 9.89. The molecule has 0 saturated heterocycles. The van der Waals surface area contributed by atoms with Crippen molar-refractivity contribution in [3.05, 3.63) is 44.9 Å². The van der Waals surface area contributed by atoms with E-state index in [-0.39, 0.29) is 0 Å². The smallest absolute Gasteiger partial charge is 0.0567 e. The van der Waals surface area contributed by atoms with E-state index in [0.717, 1.165) is 15.2 Å². The fraction of sp³-hybridized carbons (Fsp3) is 0.579. The Hall–Kier alpha value is -0.0800. The lowest BCUT2D eigenvalue weighted by Gasteiger charge is -2.27. The van der Waals surface area contributed by atoms with E-state index in [2.05, 4.69) is 69.1 Å². The Balaban J connectivity index is 1.84. The summed E-state index contributed by atoms with van der Waals surface area (Å²) in [7, 11) is 0. The van der Waals surface area contributed by atoms with Gasteiger partial charge in [-0.05, 0) is 93.3 Å². The van der Waals surface area contributed by atoms with Gasteiger partial charge in [-0.1, -0.05) is 50.1 Å². The second kappa shape index (κ2) is 9.15. The number of rotatable bonds is 6. The summed E-state index contributed by atoms with van der Waals surface area (Å²) in [5.74, 6) is 1.51. The molecule has 0 unspecified atom stereocenters. The van der Waals surface area contributed by atoms with Gasteiger partial charge in [-0.3, -0.25) is 0 Å². The molecule has 0 N–H and O–H groups in total. The Morgan fingerprint density at radius 3 is 2.29 bits per heavy atom. The van der Waals surface area contributed by atoms with Gasteiger partial charge in [0, 0.05) is 0 Å². The molecule has 0 amide bonds. The van der Waals surface area contributed by atoms with Crippen LogP contribution < -0.4 is 0 Å². The van der Waals surface area contributed by atoms with Gasteiger partial charge in [-0.2, -0.15) is 0 Å². The van der Waals surface area contributed by atoms with Crippen LogP contribution in [-0.4, -0.2) is 0 Å². The summed E-state index contributed by atoms with van der Waals surface area (Å²) in [4.78, 5) is 0. The molecule has 1 aliphatic carbocycles. The normalized spacial score (nSPS) is 22.0. The maximum Gasteiger partial charge on any atom is 0.0567 e. The predicted octanol–water partition coefficient (Wildman–Crippen LogP) is 7.32. The van der Waals surface area contributed by atoms with Crippen molar-refractivity contribution in [3.63, 3.8) is 0 Å². The lowest BCUT2D eigenvalue weighted by Crippen LogP contribution is -2.11. The minimum absolute atomic E-state index is 0.739. The maximum atomic E-state index is 3.48. The summed E-state index contributed by atoms with van der Waals surface area (Å²) < 4.78 is 1.11. The first kappa shape index (κ1) is 17.3. The van der Waals surface area contributed by atoms with E-state index in [9.17, 15) is 0 Å². The molecule has 0 radical (unpaired) electrons. The van der Waals surface area contributed by atoms with Crippen LogP contribution in [0.2, 0.25) is 0 Å². The van der Waals surface area contributed by atoms with Gasteiger partial charge in [0.2, 0.25) is 0 Å². The molecule has 0 heterocycles. The number of hydrogen-bond donors (Lipinski definition) is 0. The van der Waals surface area contributed by atoms with Crippen LogP contribution in [0.5, 0.6) is 0 Å². The number of allylic oxidation sites excluding steroid dienone is 1. The third kappa shape index (κ3) is 5.90. The quantitative estimate of drug-likeness (QED) is 0.428. The van der Waals surface area contributed by atoms with Gasteiger partial charge in [-0.25, -0.2) is 0 Å². The Morgan fingerprint density at radius 1 is 1.05 bits per heavy atom. The molecule has 1 aliphatic rings. The van der Waals surface area contributed by atoms with Gasteiger partial charge >= 0.3 is 0 Å². The minimum Gasteiger partial charge on any atom is -0.0654 e. The summed E-state index contributed by atoms with van der Waals surface area (Å²) in [5.41, 5.74) is 3.06. The highest BCUT2D eigenvalue weighted by atomic mass is 79.9. The van der Waals surface area contributed by atoms with Crippen molar-refractivity contribution < 1.29 is 0 Å². The Labute approximate surface area is 146 Å². The van der Waals surface area contributed by atoms with Crippen molar-refractivity contribution in [1.82, 2.24) is 0 Å². The monoisotopic (exact) mass is 412 g/mol. The van der Waals surface area contributed by atoms with E-state index < -0.39 is 0 Å². The van der Waals surface area contributed by atoms with Crippen LogP contribution in [-0.2, 0) is 6.42 Å². The zero-order valence-electron chi connectivity index (χ0n) is 13.0. The van der Waals surface area contributed by atoms with E-state index >= 15 is 0 Å². The molecule has 0 bridgehead atoms. The van der Waals surface area contributed by atoms with Crippen LogP contribution >= 0.6 is 31.9 Å². The van der Waals surface area contributed by atoms with Crippen molar-refractivity contribution in [1.29, 1.82) is 0 Å². The second-order valence-electron chi connectivity index (χ2n) is 6.27. The summed E-state index contributed by atoms with van der Waals surface area (Å²) in [6.45, 7) is 2.27. The number of benzene rings is 1. The first-order chi connectivity index (χ1) is 10.2. The van der Waals surface area contributed by atoms with E-state index in [1.165, 1.54) is 56.9 Å². The van der Waals surface area contributed by atoms with Crippen LogP contribution in [0.3, 0.4) is 0 Å². The number of unbranched alkanes of at least 4 members (excludes halogenated alkanes) is 2. The van der Waals surface area contributed by atoms with Crippen LogP contribution in [0, 0.1) is 5.92 Å². The van der Waals surface area contributed by atoms with Crippen LogP contribution in [0.1, 0.15) is 68.9 Å². The average Bonchev–Trinajstić information content (AvgIpc) is 2.49. The van der Waals surface area contributed by atoms with E-state index in [4.69, 9.17) is 0 Å². The zero-order valence-corrected chi connectivity index (χ0v) is 16.1. The minimum atomic E-state index is 0.739. The van der Waals surface area contributed by atoms with E-state index in [0.29, 0.717) is 0 Å². The van der Waals surface area contributed by atoms with Gasteiger partial charge in [0.1, 0.15) is 0 Å². The molecular weight excluding hydrogens is 388 g/mol. The molecule has 1 aromatic rings. The summed E-state index contributed by atoms with van der Waals surface area (Å²) in [6.07, 6.45) is 12.8. The van der Waals surface area contributed by atoms with Crippen LogP contribution in [0.25, 0.3) is 0 Å². The van der Waals surface area contributed by atoms with E-state index in [1.807, 2.05) is 0 Å². The van der Waals surface area contributed by atoms with Crippen molar-refractivity contribution in [2.45, 2.75) is 64.2 Å². The summed E-state index contributed by atoms with van der Waals surface area (Å²) in [5, 5.41) is 0. The van der Waals surface area contributed by atoms with Crippen LogP contribution in [0.15, 0.2) is 33.7 Å². The van der Waals surface area contributed by atoms with Crippen molar-refractivity contribution in [2.24, 2.45) is 5.92 Å². The molecule has 0 atom stereocenters. The predicted molar refractivity (Wildman–Crippen MR) is 100 cm³/mol. The number of halogens is 2. The SMILES string of the molecule is CCCCCc1ccc([C@H]2CC[C@H](C=C(Br)Br)CC2)cc1. The maximum absolute atomic E-state index is 3.48.